The molecule has 3 heterocycles. The Kier molecular flexibility index (Phi) is 3.87. The zero-order chi connectivity index (χ0) is 20.2. The van der Waals surface area contributed by atoms with Crippen LogP contribution in [0.1, 0.15) is 24.2 Å². The molecule has 4 rings (SSSR count). The Bertz CT molecular complexity index is 1060. The minimum atomic E-state index is -1.99. The third-order valence-corrected chi connectivity index (χ3v) is 6.29. The summed E-state index contributed by atoms with van der Waals surface area (Å²) in [5.74, 6) is -2.73. The van der Waals surface area contributed by atoms with Crippen molar-refractivity contribution in [2.45, 2.75) is 18.8 Å². The maximum absolute atomic E-state index is 10.2. The van der Waals surface area contributed by atoms with Crippen molar-refractivity contribution in [3.8, 4) is 18.2 Å². The Morgan fingerprint density at radius 3 is 2.29 bits per heavy atom. The highest BCUT2D eigenvalue weighted by molar-refractivity contribution is 9.10. The van der Waals surface area contributed by atoms with Gasteiger partial charge in [-0.25, -0.2) is 0 Å². The van der Waals surface area contributed by atoms with Gasteiger partial charge in [-0.3, -0.25) is 5.41 Å². The molecule has 2 fully saturated rings. The van der Waals surface area contributed by atoms with Gasteiger partial charge < -0.3 is 13.9 Å². The molecule has 0 aliphatic carbocycles. The number of nitrogens with zero attached hydrogens (tertiary/aromatic N) is 3. The van der Waals surface area contributed by atoms with Crippen LogP contribution in [-0.4, -0.2) is 5.90 Å². The fourth-order valence-corrected chi connectivity index (χ4v) is 4.54. The van der Waals surface area contributed by atoms with E-state index in [1.807, 2.05) is 12.1 Å². The van der Waals surface area contributed by atoms with Crippen LogP contribution < -0.4 is 0 Å². The summed E-state index contributed by atoms with van der Waals surface area (Å²) in [5, 5.41) is 38.8. The number of hydrogen-bond acceptors (Lipinski definition) is 7. The topological polar surface area (TPSA) is 127 Å². The highest BCUT2D eigenvalue weighted by atomic mass is 79.9. The van der Waals surface area contributed by atoms with E-state index in [-0.39, 0.29) is 0 Å². The number of fused-ring (bicyclic) bond motifs is 2. The number of hydrogen-bond donors (Lipinski definition) is 1. The van der Waals surface area contributed by atoms with Gasteiger partial charge in [0, 0.05) is 15.6 Å². The van der Waals surface area contributed by atoms with Crippen molar-refractivity contribution >= 4 is 21.8 Å². The molecule has 138 valence electrons. The van der Waals surface area contributed by atoms with E-state index in [9.17, 15) is 15.8 Å². The van der Waals surface area contributed by atoms with Crippen LogP contribution >= 0.6 is 15.9 Å². The molecule has 4 atom stereocenters. The van der Waals surface area contributed by atoms with Crippen molar-refractivity contribution in [1.29, 1.82) is 21.2 Å². The van der Waals surface area contributed by atoms with Gasteiger partial charge in [0.1, 0.15) is 6.10 Å². The Morgan fingerprint density at radius 2 is 1.75 bits per heavy atom. The first-order chi connectivity index (χ1) is 13.4. The minimum absolute atomic E-state index is 0.425. The number of rotatable bonds is 2. The van der Waals surface area contributed by atoms with Crippen LogP contribution in [0.15, 0.2) is 51.7 Å². The van der Waals surface area contributed by atoms with E-state index in [1.54, 1.807) is 37.3 Å². The summed E-state index contributed by atoms with van der Waals surface area (Å²) in [5.41, 5.74) is -2.79. The lowest BCUT2D eigenvalue weighted by Gasteiger charge is -2.48. The summed E-state index contributed by atoms with van der Waals surface area (Å²) in [4.78, 5) is 0. The molecule has 0 saturated carbocycles. The SMILES string of the molecule is CC1C2(c3ccc(Br)cc3)OC(=N)C1(C#N)C(C#N)(C#N)C(c1ccoc1)O2. The molecule has 8 heteroatoms. The number of furan rings is 1. The Hall–Kier alpha value is -3.12. The number of benzene rings is 1. The second kappa shape index (κ2) is 5.94. The van der Waals surface area contributed by atoms with Crippen molar-refractivity contribution in [2.75, 3.05) is 0 Å². The molecular weight excluding hydrogens is 424 g/mol. The highest BCUT2D eigenvalue weighted by Gasteiger charge is 2.79. The minimum Gasteiger partial charge on any atom is -0.472 e. The van der Waals surface area contributed by atoms with E-state index in [0.29, 0.717) is 11.1 Å². The predicted octanol–water partition coefficient (Wildman–Crippen LogP) is 4.15. The third-order valence-electron chi connectivity index (χ3n) is 5.76. The molecule has 1 aromatic heterocycles. The maximum Gasteiger partial charge on any atom is 0.244 e. The average Bonchev–Trinajstić information content (AvgIpc) is 3.28. The first-order valence-corrected chi connectivity index (χ1v) is 9.19. The number of nitrogens with one attached hydrogen (secondary N) is 1. The van der Waals surface area contributed by atoms with Gasteiger partial charge in [0.25, 0.3) is 0 Å². The number of ether oxygens (including phenoxy) is 2. The summed E-state index contributed by atoms with van der Waals surface area (Å²) < 4.78 is 18.2. The van der Waals surface area contributed by atoms with Gasteiger partial charge in [-0.15, -0.1) is 0 Å². The first-order valence-electron chi connectivity index (χ1n) is 8.39. The van der Waals surface area contributed by atoms with Crippen LogP contribution in [0.25, 0.3) is 0 Å². The zero-order valence-electron chi connectivity index (χ0n) is 14.6. The van der Waals surface area contributed by atoms with Gasteiger partial charge in [0.15, 0.2) is 5.41 Å². The molecule has 28 heavy (non-hydrogen) atoms. The molecule has 4 unspecified atom stereocenters. The van der Waals surface area contributed by atoms with Crippen LogP contribution in [0, 0.1) is 56.2 Å². The third kappa shape index (κ3) is 1.90. The molecule has 0 radical (unpaired) electrons. The average molecular weight is 437 g/mol. The van der Waals surface area contributed by atoms with Gasteiger partial charge in [0.2, 0.25) is 17.1 Å². The van der Waals surface area contributed by atoms with Crippen LogP contribution in [0.5, 0.6) is 0 Å². The standard InChI is InChI=1S/C20H13BrN4O3/c1-12-19(11-24)17(25)28-20(12,14-2-4-15(21)5-3-14)27-16(13-6-7-26-8-13)18(19,9-22)10-23/h2-8,12,16,25H,1H3. The smallest absolute Gasteiger partial charge is 0.244 e. The quantitative estimate of drug-likeness (QED) is 0.752. The number of nitriles is 3. The molecule has 2 aliphatic rings. The highest BCUT2D eigenvalue weighted by Crippen LogP contribution is 2.68. The summed E-state index contributed by atoms with van der Waals surface area (Å²) in [7, 11) is 0. The lowest BCUT2D eigenvalue weighted by atomic mass is 9.53. The molecule has 1 aromatic carbocycles. The van der Waals surface area contributed by atoms with Gasteiger partial charge in [-0.2, -0.15) is 15.8 Å². The Balaban J connectivity index is 2.04. The second-order valence-corrected chi connectivity index (χ2v) is 7.75. The molecular formula is C20H13BrN4O3. The lowest BCUT2D eigenvalue weighted by Crippen LogP contribution is -2.57. The molecule has 1 N–H and O–H groups in total. The van der Waals surface area contributed by atoms with E-state index in [1.165, 1.54) is 12.5 Å². The van der Waals surface area contributed by atoms with E-state index < -0.39 is 34.5 Å². The molecule has 0 amide bonds. The summed E-state index contributed by atoms with van der Waals surface area (Å²) in [6, 6.07) is 14.7. The van der Waals surface area contributed by atoms with E-state index in [2.05, 4.69) is 22.0 Å². The van der Waals surface area contributed by atoms with Crippen molar-refractivity contribution in [3.63, 3.8) is 0 Å². The van der Waals surface area contributed by atoms with Crippen LogP contribution in [-0.2, 0) is 15.3 Å². The Labute approximate surface area is 169 Å². The lowest BCUT2D eigenvalue weighted by molar-refractivity contribution is -0.288. The molecule has 2 saturated heterocycles. The van der Waals surface area contributed by atoms with Gasteiger partial charge in [0.05, 0.1) is 36.7 Å². The molecule has 2 bridgehead atoms. The van der Waals surface area contributed by atoms with E-state index in [4.69, 9.17) is 19.3 Å². The van der Waals surface area contributed by atoms with Gasteiger partial charge in [-0.1, -0.05) is 35.0 Å². The summed E-state index contributed by atoms with van der Waals surface area (Å²) in [6.45, 7) is 1.67. The van der Waals surface area contributed by atoms with Crippen molar-refractivity contribution in [2.24, 2.45) is 16.7 Å². The number of halogens is 1. The second-order valence-electron chi connectivity index (χ2n) is 6.83. The van der Waals surface area contributed by atoms with Crippen LogP contribution in [0.4, 0.5) is 0 Å². The molecule has 7 nitrogen and oxygen atoms in total. The maximum atomic E-state index is 10.2. The normalized spacial score (nSPS) is 32.6. The molecule has 2 aromatic rings. The summed E-state index contributed by atoms with van der Waals surface area (Å²) >= 11 is 3.38. The monoisotopic (exact) mass is 436 g/mol. The van der Waals surface area contributed by atoms with Crippen molar-refractivity contribution in [1.82, 2.24) is 0 Å². The first kappa shape index (κ1) is 18.3. The molecule has 2 aliphatic heterocycles. The fourth-order valence-electron chi connectivity index (χ4n) is 4.27. The van der Waals surface area contributed by atoms with E-state index in [0.717, 1.165) is 4.47 Å². The van der Waals surface area contributed by atoms with Crippen molar-refractivity contribution < 1.29 is 13.9 Å². The molecule has 0 spiro atoms. The predicted molar refractivity (Wildman–Crippen MR) is 98.0 cm³/mol. The van der Waals surface area contributed by atoms with Crippen molar-refractivity contribution in [3.05, 3.63) is 58.5 Å². The largest absolute Gasteiger partial charge is 0.472 e. The summed E-state index contributed by atoms with van der Waals surface area (Å²) in [6.07, 6.45) is 1.62. The Morgan fingerprint density at radius 1 is 1.07 bits per heavy atom. The van der Waals surface area contributed by atoms with Crippen LogP contribution in [0.2, 0.25) is 0 Å². The van der Waals surface area contributed by atoms with Gasteiger partial charge in [-0.05, 0) is 18.2 Å². The van der Waals surface area contributed by atoms with Gasteiger partial charge >= 0.3 is 0 Å². The zero-order valence-corrected chi connectivity index (χ0v) is 16.2. The van der Waals surface area contributed by atoms with Crippen LogP contribution in [0.3, 0.4) is 0 Å². The van der Waals surface area contributed by atoms with E-state index >= 15 is 0 Å². The fraction of sp³-hybridized carbons (Fsp3) is 0.300.